The summed E-state index contributed by atoms with van der Waals surface area (Å²) in [7, 11) is 0. The Hall–Kier alpha value is -1.53. The van der Waals surface area contributed by atoms with Crippen LogP contribution in [0.4, 0.5) is 0 Å². The van der Waals surface area contributed by atoms with E-state index in [-0.39, 0.29) is 0 Å². The third-order valence-electron chi connectivity index (χ3n) is 2.08. The highest BCUT2D eigenvalue weighted by Gasteiger charge is 2.26. The molecule has 0 spiro atoms. The summed E-state index contributed by atoms with van der Waals surface area (Å²) >= 11 is 0.972. The molecule has 0 saturated carbocycles. The van der Waals surface area contributed by atoms with Crippen molar-refractivity contribution >= 4 is 23.7 Å². The SMILES string of the molecule is CCSC(OC(=O)C(O)c1ccccc1)C(=O)O. The van der Waals surface area contributed by atoms with Crippen molar-refractivity contribution in [3.05, 3.63) is 35.9 Å². The normalized spacial score (nSPS) is 13.7. The maximum Gasteiger partial charge on any atom is 0.355 e. The molecule has 1 rings (SSSR count). The zero-order chi connectivity index (χ0) is 13.5. The minimum absolute atomic E-state index is 0.369. The molecule has 2 atom stereocenters. The van der Waals surface area contributed by atoms with Crippen LogP contribution in [0.3, 0.4) is 0 Å². The highest BCUT2D eigenvalue weighted by atomic mass is 32.2. The Bertz CT molecular complexity index is 406. The maximum absolute atomic E-state index is 11.6. The molecule has 0 bridgehead atoms. The van der Waals surface area contributed by atoms with Crippen LogP contribution in [-0.2, 0) is 14.3 Å². The van der Waals surface area contributed by atoms with Gasteiger partial charge in [-0.25, -0.2) is 9.59 Å². The van der Waals surface area contributed by atoms with Crippen molar-refractivity contribution in [1.82, 2.24) is 0 Å². The summed E-state index contributed by atoms with van der Waals surface area (Å²) in [6.45, 7) is 1.75. The number of benzene rings is 1. The first-order valence-electron chi connectivity index (χ1n) is 5.34. The minimum Gasteiger partial charge on any atom is -0.478 e. The van der Waals surface area contributed by atoms with Crippen LogP contribution < -0.4 is 0 Å². The lowest BCUT2D eigenvalue weighted by Gasteiger charge is -2.15. The second-order valence-electron chi connectivity index (χ2n) is 3.38. The summed E-state index contributed by atoms with van der Waals surface area (Å²) in [6.07, 6.45) is -1.47. The Morgan fingerprint density at radius 2 is 1.94 bits per heavy atom. The predicted octanol–water partition coefficient (Wildman–Crippen LogP) is 1.43. The summed E-state index contributed by atoms with van der Waals surface area (Å²) in [5, 5.41) is 18.5. The minimum atomic E-state index is -1.47. The summed E-state index contributed by atoms with van der Waals surface area (Å²) in [5.74, 6) is -1.71. The second kappa shape index (κ2) is 7.03. The molecule has 0 aliphatic heterocycles. The summed E-state index contributed by atoms with van der Waals surface area (Å²) < 4.78 is 4.74. The van der Waals surface area contributed by atoms with E-state index in [0.29, 0.717) is 11.3 Å². The number of hydrogen-bond donors (Lipinski definition) is 2. The van der Waals surface area contributed by atoms with Gasteiger partial charge in [0.25, 0.3) is 0 Å². The summed E-state index contributed by atoms with van der Waals surface area (Å²) in [4.78, 5) is 22.4. The largest absolute Gasteiger partial charge is 0.478 e. The number of carbonyl (C=O) groups excluding carboxylic acids is 1. The van der Waals surface area contributed by atoms with E-state index in [0.717, 1.165) is 11.8 Å². The summed E-state index contributed by atoms with van der Waals surface area (Å²) in [5.41, 5.74) is -0.922. The van der Waals surface area contributed by atoms with Gasteiger partial charge in [-0.2, -0.15) is 0 Å². The number of ether oxygens (including phenoxy) is 1. The zero-order valence-electron chi connectivity index (χ0n) is 9.78. The molecule has 0 aliphatic rings. The topological polar surface area (TPSA) is 83.8 Å². The van der Waals surface area contributed by atoms with E-state index in [1.165, 1.54) is 0 Å². The molecule has 1 aromatic carbocycles. The summed E-state index contributed by atoms with van der Waals surface area (Å²) in [6, 6.07) is 8.21. The fraction of sp³-hybridized carbons (Fsp3) is 0.333. The average molecular weight is 270 g/mol. The smallest absolute Gasteiger partial charge is 0.355 e. The van der Waals surface area contributed by atoms with Gasteiger partial charge < -0.3 is 14.9 Å². The van der Waals surface area contributed by atoms with Crippen LogP contribution in [0.1, 0.15) is 18.6 Å². The first-order chi connectivity index (χ1) is 8.56. The Kier molecular flexibility index (Phi) is 5.67. The number of carbonyl (C=O) groups is 2. The van der Waals surface area contributed by atoms with Crippen LogP contribution in [-0.4, -0.2) is 33.3 Å². The molecule has 0 fully saturated rings. The molecular formula is C12H14O5S. The lowest BCUT2D eigenvalue weighted by Crippen LogP contribution is -2.27. The molecule has 0 aromatic heterocycles. The van der Waals surface area contributed by atoms with Gasteiger partial charge >= 0.3 is 11.9 Å². The van der Waals surface area contributed by atoms with Crippen LogP contribution in [0, 0.1) is 0 Å². The van der Waals surface area contributed by atoms with Gasteiger partial charge in [0, 0.05) is 0 Å². The van der Waals surface area contributed by atoms with Gasteiger partial charge in [0.05, 0.1) is 0 Å². The van der Waals surface area contributed by atoms with E-state index in [1.807, 2.05) is 0 Å². The van der Waals surface area contributed by atoms with Gasteiger partial charge in [0.1, 0.15) is 0 Å². The van der Waals surface area contributed by atoms with Gasteiger partial charge in [-0.05, 0) is 11.3 Å². The molecule has 0 saturated heterocycles. The van der Waals surface area contributed by atoms with Gasteiger partial charge in [-0.15, -0.1) is 11.8 Å². The highest BCUT2D eigenvalue weighted by Crippen LogP contribution is 2.18. The number of hydrogen-bond acceptors (Lipinski definition) is 5. The van der Waals surface area contributed by atoms with E-state index in [1.54, 1.807) is 37.3 Å². The van der Waals surface area contributed by atoms with Crippen molar-refractivity contribution in [2.75, 3.05) is 5.75 Å². The van der Waals surface area contributed by atoms with Gasteiger partial charge in [-0.1, -0.05) is 37.3 Å². The molecule has 18 heavy (non-hydrogen) atoms. The number of aliphatic hydroxyl groups excluding tert-OH is 1. The van der Waals surface area contributed by atoms with E-state index < -0.39 is 23.5 Å². The molecule has 1 aromatic rings. The standard InChI is InChI=1S/C12H14O5S/c1-2-18-12(10(14)15)17-11(16)9(13)8-6-4-3-5-7-8/h3-7,9,12-13H,2H2,1H3,(H,14,15). The van der Waals surface area contributed by atoms with E-state index >= 15 is 0 Å². The predicted molar refractivity (Wildman–Crippen MR) is 67.0 cm³/mol. The monoisotopic (exact) mass is 270 g/mol. The molecule has 5 nitrogen and oxygen atoms in total. The molecule has 2 N–H and O–H groups in total. The van der Waals surface area contributed by atoms with Crippen molar-refractivity contribution in [2.45, 2.75) is 18.5 Å². The highest BCUT2D eigenvalue weighted by molar-refractivity contribution is 8.00. The Morgan fingerprint density at radius 1 is 1.33 bits per heavy atom. The second-order valence-corrected chi connectivity index (χ2v) is 4.71. The van der Waals surface area contributed by atoms with Gasteiger partial charge in [-0.3, -0.25) is 0 Å². The fourth-order valence-corrected chi connectivity index (χ4v) is 1.86. The van der Waals surface area contributed by atoms with Crippen molar-refractivity contribution in [3.8, 4) is 0 Å². The molecule has 98 valence electrons. The van der Waals surface area contributed by atoms with E-state index in [4.69, 9.17) is 9.84 Å². The molecular weight excluding hydrogens is 256 g/mol. The number of aliphatic carboxylic acids is 1. The van der Waals surface area contributed by atoms with Crippen LogP contribution in [0.2, 0.25) is 0 Å². The van der Waals surface area contributed by atoms with Crippen molar-refractivity contribution < 1.29 is 24.5 Å². The van der Waals surface area contributed by atoms with Crippen LogP contribution >= 0.6 is 11.8 Å². The molecule has 6 heteroatoms. The van der Waals surface area contributed by atoms with E-state index in [2.05, 4.69) is 0 Å². The molecule has 0 aliphatic carbocycles. The number of rotatable bonds is 6. The van der Waals surface area contributed by atoms with E-state index in [9.17, 15) is 14.7 Å². The quantitative estimate of drug-likeness (QED) is 0.601. The molecule has 0 heterocycles. The van der Waals surface area contributed by atoms with Crippen molar-refractivity contribution in [3.63, 3.8) is 0 Å². The fourth-order valence-electron chi connectivity index (χ4n) is 1.25. The first-order valence-corrected chi connectivity index (χ1v) is 6.39. The zero-order valence-corrected chi connectivity index (χ0v) is 10.6. The third kappa shape index (κ3) is 4.05. The first kappa shape index (κ1) is 14.5. The average Bonchev–Trinajstić information content (AvgIpc) is 2.38. The van der Waals surface area contributed by atoms with Gasteiger partial charge in [0.15, 0.2) is 6.10 Å². The lowest BCUT2D eigenvalue weighted by atomic mass is 10.1. The number of carboxylic acids is 1. The Morgan fingerprint density at radius 3 is 2.44 bits per heavy atom. The molecule has 2 unspecified atom stereocenters. The molecule has 0 radical (unpaired) electrons. The van der Waals surface area contributed by atoms with Crippen LogP contribution in [0.15, 0.2) is 30.3 Å². The maximum atomic E-state index is 11.6. The lowest BCUT2D eigenvalue weighted by molar-refractivity contribution is -0.164. The number of esters is 1. The third-order valence-corrected chi connectivity index (χ3v) is 3.02. The Labute approximate surface area is 109 Å². The number of aliphatic hydroxyl groups is 1. The van der Waals surface area contributed by atoms with Crippen molar-refractivity contribution in [2.24, 2.45) is 0 Å². The van der Waals surface area contributed by atoms with Crippen LogP contribution in [0.25, 0.3) is 0 Å². The Balaban J connectivity index is 2.67. The molecule has 0 amide bonds. The number of thioether (sulfide) groups is 1. The number of carboxylic acid groups (broad SMARTS) is 1. The van der Waals surface area contributed by atoms with Gasteiger partial charge in [0.2, 0.25) is 5.44 Å². The van der Waals surface area contributed by atoms with Crippen molar-refractivity contribution in [1.29, 1.82) is 0 Å². The van der Waals surface area contributed by atoms with Crippen LogP contribution in [0.5, 0.6) is 0 Å².